The van der Waals surface area contributed by atoms with Crippen molar-refractivity contribution in [2.45, 2.75) is 43.4 Å². The molecule has 14 heteroatoms. The van der Waals surface area contributed by atoms with Gasteiger partial charge in [-0.1, -0.05) is 6.07 Å². The second-order valence-corrected chi connectivity index (χ2v) is 11.3. The fraction of sp³-hybridized carbons (Fsp3) is 0.320. The van der Waals surface area contributed by atoms with Gasteiger partial charge in [0.15, 0.2) is 23.0 Å². The van der Waals surface area contributed by atoms with E-state index in [4.69, 9.17) is 14.3 Å². The minimum absolute atomic E-state index is 0.0388. The SMILES string of the molecule is COc1c(F)c(C2(F)CC2)cc(C)c1Oc1nnc(C(F)(F)F)c(C)c1C(=O)Nc1cccc(S(C)(=N)=O)c1. The average Bonchev–Trinajstić information content (AvgIpc) is 3.58. The molecule has 0 spiro atoms. The first-order chi connectivity index (χ1) is 18.1. The van der Waals surface area contributed by atoms with Gasteiger partial charge in [0, 0.05) is 22.4 Å². The van der Waals surface area contributed by atoms with Crippen molar-refractivity contribution < 1.29 is 40.4 Å². The summed E-state index contributed by atoms with van der Waals surface area (Å²) < 4.78 is 101. The van der Waals surface area contributed by atoms with Crippen LogP contribution in [0.4, 0.5) is 27.6 Å². The van der Waals surface area contributed by atoms with E-state index in [1.54, 1.807) is 0 Å². The van der Waals surface area contributed by atoms with Crippen molar-refractivity contribution in [3.05, 3.63) is 64.1 Å². The maximum Gasteiger partial charge on any atom is 0.435 e. The largest absolute Gasteiger partial charge is 0.490 e. The number of hydrogen-bond acceptors (Lipinski definition) is 7. The summed E-state index contributed by atoms with van der Waals surface area (Å²) in [5.74, 6) is -3.67. The number of alkyl halides is 4. The number of nitrogens with one attached hydrogen (secondary N) is 2. The maximum absolute atomic E-state index is 15.2. The van der Waals surface area contributed by atoms with E-state index < -0.39 is 61.7 Å². The molecule has 0 aliphatic heterocycles. The van der Waals surface area contributed by atoms with Crippen molar-refractivity contribution in [3.63, 3.8) is 0 Å². The highest BCUT2D eigenvalue weighted by Crippen LogP contribution is 2.53. The first kappa shape index (κ1) is 28.2. The number of ether oxygens (including phenoxy) is 2. The summed E-state index contributed by atoms with van der Waals surface area (Å²) in [5, 5.41) is 9.04. The summed E-state index contributed by atoms with van der Waals surface area (Å²) in [6.45, 7) is 2.44. The van der Waals surface area contributed by atoms with Gasteiger partial charge in [0.05, 0.1) is 16.8 Å². The third-order valence-electron chi connectivity index (χ3n) is 6.16. The molecule has 208 valence electrons. The molecule has 1 aliphatic carbocycles. The van der Waals surface area contributed by atoms with E-state index in [0.717, 1.165) is 14.0 Å². The molecule has 39 heavy (non-hydrogen) atoms. The fourth-order valence-corrected chi connectivity index (χ4v) is 4.66. The van der Waals surface area contributed by atoms with Gasteiger partial charge in [0.25, 0.3) is 11.8 Å². The maximum atomic E-state index is 15.2. The van der Waals surface area contributed by atoms with E-state index in [9.17, 15) is 26.6 Å². The summed E-state index contributed by atoms with van der Waals surface area (Å²) in [6, 6.07) is 6.65. The lowest BCUT2D eigenvalue weighted by Gasteiger charge is -2.20. The van der Waals surface area contributed by atoms with Crippen LogP contribution < -0.4 is 14.8 Å². The van der Waals surface area contributed by atoms with Crippen LogP contribution in [0.2, 0.25) is 0 Å². The van der Waals surface area contributed by atoms with Gasteiger partial charge in [0.2, 0.25) is 0 Å². The van der Waals surface area contributed by atoms with Gasteiger partial charge in [-0.15, -0.1) is 10.2 Å². The smallest absolute Gasteiger partial charge is 0.435 e. The Hall–Kier alpha value is -3.81. The summed E-state index contributed by atoms with van der Waals surface area (Å²) in [4.78, 5) is 13.4. The van der Waals surface area contributed by atoms with Crippen LogP contribution in [-0.2, 0) is 21.6 Å². The first-order valence-electron chi connectivity index (χ1n) is 11.4. The third-order valence-corrected chi connectivity index (χ3v) is 7.31. The molecule has 1 unspecified atom stereocenters. The zero-order valence-electron chi connectivity index (χ0n) is 21.1. The Morgan fingerprint density at radius 3 is 2.38 bits per heavy atom. The minimum Gasteiger partial charge on any atom is -0.490 e. The molecule has 1 atom stereocenters. The molecule has 2 aromatic carbocycles. The Labute approximate surface area is 220 Å². The van der Waals surface area contributed by atoms with Crippen LogP contribution >= 0.6 is 0 Å². The summed E-state index contributed by atoms with van der Waals surface area (Å²) >= 11 is 0. The van der Waals surface area contributed by atoms with Gasteiger partial charge < -0.3 is 14.8 Å². The van der Waals surface area contributed by atoms with Crippen molar-refractivity contribution in [2.24, 2.45) is 0 Å². The van der Waals surface area contributed by atoms with Crippen molar-refractivity contribution >= 4 is 21.3 Å². The van der Waals surface area contributed by atoms with Gasteiger partial charge in [-0.2, -0.15) is 13.2 Å². The molecular weight excluding hydrogens is 547 g/mol. The zero-order chi connectivity index (χ0) is 28.9. The van der Waals surface area contributed by atoms with Crippen LogP contribution in [0.3, 0.4) is 0 Å². The van der Waals surface area contributed by atoms with E-state index in [2.05, 4.69) is 15.5 Å². The Morgan fingerprint density at radius 2 is 1.82 bits per heavy atom. The molecule has 1 amide bonds. The minimum atomic E-state index is -4.97. The van der Waals surface area contributed by atoms with Crippen molar-refractivity contribution in [3.8, 4) is 17.4 Å². The summed E-state index contributed by atoms with van der Waals surface area (Å²) in [6.07, 6.45) is -3.56. The number of amides is 1. The molecule has 0 bridgehead atoms. The molecule has 1 aliphatic rings. The van der Waals surface area contributed by atoms with Crippen LogP contribution in [0.15, 0.2) is 35.2 Å². The number of aromatic nitrogens is 2. The highest BCUT2D eigenvalue weighted by Gasteiger charge is 2.48. The number of halogens is 5. The van der Waals surface area contributed by atoms with Crippen LogP contribution in [0.1, 0.15) is 45.6 Å². The quantitative estimate of drug-likeness (QED) is 0.323. The predicted molar refractivity (Wildman–Crippen MR) is 131 cm³/mol. The normalized spacial score (nSPS) is 15.8. The fourth-order valence-electron chi connectivity index (χ4n) is 3.97. The molecule has 1 fully saturated rings. The topological polar surface area (TPSA) is 114 Å². The van der Waals surface area contributed by atoms with Crippen LogP contribution in [0.5, 0.6) is 17.4 Å². The third kappa shape index (κ3) is 5.51. The average molecular weight is 571 g/mol. The summed E-state index contributed by atoms with van der Waals surface area (Å²) in [7, 11) is -2.05. The molecule has 4 rings (SSSR count). The standard InChI is InChI=1S/C25H23F5N4O4S/c1-12-10-16(24(27)8-9-24)18(26)20(37-3)19(12)38-23-17(13(2)21(33-34-23)25(28,29)30)22(35)32-14-6-5-7-15(11-14)39(4,31)36/h5-7,10-11,31H,8-9H2,1-4H3,(H,32,35). The van der Waals surface area contributed by atoms with E-state index in [1.165, 1.54) is 43.5 Å². The number of anilines is 1. The summed E-state index contributed by atoms with van der Waals surface area (Å²) in [5.41, 5.74) is -4.62. The molecular formula is C25H23F5N4O4S. The van der Waals surface area contributed by atoms with Crippen LogP contribution in [-0.4, -0.2) is 33.7 Å². The van der Waals surface area contributed by atoms with Gasteiger partial charge in [0.1, 0.15) is 11.2 Å². The number of aryl methyl sites for hydroxylation is 1. The van der Waals surface area contributed by atoms with Crippen molar-refractivity contribution in [1.82, 2.24) is 10.2 Å². The number of carbonyl (C=O) groups excluding carboxylic acids is 1. The predicted octanol–water partition coefficient (Wildman–Crippen LogP) is 6.30. The Morgan fingerprint density at radius 1 is 1.15 bits per heavy atom. The molecule has 1 aromatic heterocycles. The van der Waals surface area contributed by atoms with E-state index in [1.807, 2.05) is 0 Å². The van der Waals surface area contributed by atoms with Gasteiger partial charge in [-0.05, 0) is 62.1 Å². The number of methoxy groups -OCH3 is 1. The highest BCUT2D eigenvalue weighted by atomic mass is 32.2. The molecule has 2 N–H and O–H groups in total. The van der Waals surface area contributed by atoms with Crippen molar-refractivity contribution in [1.29, 1.82) is 4.78 Å². The van der Waals surface area contributed by atoms with Crippen LogP contribution in [0, 0.1) is 24.4 Å². The Kier molecular flexibility index (Phi) is 7.04. The first-order valence-corrected chi connectivity index (χ1v) is 13.4. The second kappa shape index (κ2) is 9.74. The van der Waals surface area contributed by atoms with Crippen molar-refractivity contribution in [2.75, 3.05) is 18.7 Å². The lowest BCUT2D eigenvalue weighted by molar-refractivity contribution is -0.142. The Bertz CT molecular complexity index is 1590. The monoisotopic (exact) mass is 570 g/mol. The number of carbonyl (C=O) groups is 1. The van der Waals surface area contributed by atoms with Gasteiger partial charge in [-0.3, -0.25) is 4.79 Å². The number of hydrogen-bond donors (Lipinski definition) is 2. The molecule has 0 radical (unpaired) electrons. The molecule has 1 saturated carbocycles. The second-order valence-electron chi connectivity index (χ2n) is 9.16. The Balaban J connectivity index is 1.82. The molecule has 1 heterocycles. The van der Waals surface area contributed by atoms with E-state index in [0.29, 0.717) is 0 Å². The van der Waals surface area contributed by atoms with E-state index in [-0.39, 0.29) is 40.3 Å². The lowest BCUT2D eigenvalue weighted by Crippen LogP contribution is -2.21. The van der Waals surface area contributed by atoms with Gasteiger partial charge >= 0.3 is 6.18 Å². The number of benzene rings is 2. The van der Waals surface area contributed by atoms with E-state index >= 15 is 4.39 Å². The van der Waals surface area contributed by atoms with Crippen LogP contribution in [0.25, 0.3) is 0 Å². The van der Waals surface area contributed by atoms with Gasteiger partial charge in [-0.25, -0.2) is 17.8 Å². The zero-order valence-corrected chi connectivity index (χ0v) is 21.9. The highest BCUT2D eigenvalue weighted by molar-refractivity contribution is 7.91. The lowest BCUT2D eigenvalue weighted by atomic mass is 10.0. The number of nitrogens with zero attached hydrogens (tertiary/aromatic N) is 2. The molecule has 0 saturated heterocycles. The number of rotatable bonds is 7. The molecule has 3 aromatic rings. The molecule has 8 nitrogen and oxygen atoms in total.